The maximum Gasteiger partial charge on any atom is 0.253 e. The van der Waals surface area contributed by atoms with Crippen molar-refractivity contribution in [3.63, 3.8) is 0 Å². The van der Waals surface area contributed by atoms with Gasteiger partial charge in [0.05, 0.1) is 0 Å². The summed E-state index contributed by atoms with van der Waals surface area (Å²) in [6.45, 7) is 5.12. The Kier molecular flexibility index (Phi) is 7.16. The molecule has 0 bridgehead atoms. The minimum atomic E-state index is -0.118. The second-order valence-electron chi connectivity index (χ2n) is 5.19. The second-order valence-corrected chi connectivity index (χ2v) is 6.06. The monoisotopic (exact) mass is 324 g/mol. The molecular weight excluding hydrogens is 307 g/mol. The molecule has 2 N–H and O–H groups in total. The smallest absolute Gasteiger partial charge is 0.253 e. The molecule has 0 aliphatic rings. The van der Waals surface area contributed by atoms with Crippen LogP contribution in [-0.2, 0) is 0 Å². The van der Waals surface area contributed by atoms with Gasteiger partial charge in [-0.25, -0.2) is 0 Å². The van der Waals surface area contributed by atoms with Gasteiger partial charge >= 0.3 is 0 Å². The first-order valence-corrected chi connectivity index (χ1v) is 6.42. The highest BCUT2D eigenvalue weighted by Crippen LogP contribution is 2.21. The first kappa shape index (κ1) is 18.5. The first-order valence-electron chi connectivity index (χ1n) is 5.67. The molecule has 1 aromatic rings. The quantitative estimate of drug-likeness (QED) is 0.921. The van der Waals surface area contributed by atoms with Gasteiger partial charge in [-0.1, -0.05) is 37.0 Å². The van der Waals surface area contributed by atoms with Gasteiger partial charge in [0.2, 0.25) is 0 Å². The van der Waals surface area contributed by atoms with Gasteiger partial charge < -0.3 is 10.6 Å². The summed E-state index contributed by atoms with van der Waals surface area (Å²) in [6, 6.07) is 4.83. The first-order chi connectivity index (χ1) is 8.25. The Bertz CT molecular complexity index is 429. The van der Waals surface area contributed by atoms with Gasteiger partial charge in [-0.2, -0.15) is 0 Å². The number of carbonyl (C=O) groups is 1. The molecule has 0 aliphatic heterocycles. The third-order valence-corrected chi connectivity index (χ3v) is 3.11. The van der Waals surface area contributed by atoms with E-state index in [1.54, 1.807) is 30.1 Å². The van der Waals surface area contributed by atoms with Crippen molar-refractivity contribution in [3.05, 3.63) is 33.8 Å². The number of benzene rings is 1. The Morgan fingerprint density at radius 2 is 1.74 bits per heavy atom. The van der Waals surface area contributed by atoms with Crippen LogP contribution in [0.1, 0.15) is 24.2 Å². The molecule has 0 atom stereocenters. The number of hydrogen-bond acceptors (Lipinski definition) is 2. The summed E-state index contributed by atoms with van der Waals surface area (Å²) in [5.74, 6) is -0.110. The Morgan fingerprint density at radius 1 is 1.26 bits per heavy atom. The molecule has 3 nitrogen and oxygen atoms in total. The summed E-state index contributed by atoms with van der Waals surface area (Å²) in [4.78, 5) is 13.8. The average molecular weight is 326 g/mol. The summed E-state index contributed by atoms with van der Waals surface area (Å²) in [5.41, 5.74) is 6.03. The molecule has 0 aromatic heterocycles. The second kappa shape index (κ2) is 7.34. The topological polar surface area (TPSA) is 46.3 Å². The van der Waals surface area contributed by atoms with Crippen LogP contribution >= 0.6 is 35.6 Å². The van der Waals surface area contributed by atoms with E-state index in [9.17, 15) is 4.79 Å². The highest BCUT2D eigenvalue weighted by molar-refractivity contribution is 6.35. The Morgan fingerprint density at radius 3 is 2.16 bits per heavy atom. The lowest BCUT2D eigenvalue weighted by Gasteiger charge is -2.29. The van der Waals surface area contributed by atoms with Crippen molar-refractivity contribution in [1.82, 2.24) is 4.90 Å². The summed E-state index contributed by atoms with van der Waals surface area (Å²) in [5, 5.41) is 0.912. The molecule has 6 heteroatoms. The summed E-state index contributed by atoms with van der Waals surface area (Å²) >= 11 is 11.8. The largest absolute Gasteiger partial charge is 0.341 e. The molecule has 1 aromatic carbocycles. The fourth-order valence-corrected chi connectivity index (χ4v) is 2.20. The van der Waals surface area contributed by atoms with Crippen LogP contribution in [0.5, 0.6) is 0 Å². The standard InChI is InChI=1S/C13H18Cl2N2O.ClH/c1-13(2,7-16)8-17(3)12(18)9-4-10(14)6-11(15)5-9;/h4-6H,7-8,16H2,1-3H3;1H. The summed E-state index contributed by atoms with van der Waals surface area (Å²) < 4.78 is 0. The van der Waals surface area contributed by atoms with E-state index in [-0.39, 0.29) is 23.7 Å². The van der Waals surface area contributed by atoms with E-state index in [2.05, 4.69) is 0 Å². The highest BCUT2D eigenvalue weighted by atomic mass is 35.5. The summed E-state index contributed by atoms with van der Waals surface area (Å²) in [6.07, 6.45) is 0. The molecule has 0 fully saturated rings. The van der Waals surface area contributed by atoms with Crippen LogP contribution in [0, 0.1) is 5.41 Å². The molecule has 0 unspecified atom stereocenters. The number of rotatable bonds is 4. The molecule has 0 saturated carbocycles. The zero-order valence-corrected chi connectivity index (χ0v) is 13.6. The fraction of sp³-hybridized carbons (Fsp3) is 0.462. The molecule has 0 spiro atoms. The van der Waals surface area contributed by atoms with Crippen LogP contribution in [0.3, 0.4) is 0 Å². The number of nitrogens with two attached hydrogens (primary N) is 1. The minimum absolute atomic E-state index is 0. The van der Waals surface area contributed by atoms with Crippen molar-refractivity contribution in [2.24, 2.45) is 11.1 Å². The van der Waals surface area contributed by atoms with Crippen LogP contribution in [0.4, 0.5) is 0 Å². The third kappa shape index (κ3) is 5.57. The minimum Gasteiger partial charge on any atom is -0.341 e. The Labute approximate surface area is 130 Å². The molecule has 1 rings (SSSR count). The lowest BCUT2D eigenvalue weighted by atomic mass is 9.93. The van der Waals surface area contributed by atoms with Gasteiger partial charge in [0.25, 0.3) is 5.91 Å². The van der Waals surface area contributed by atoms with Gasteiger partial charge in [-0.05, 0) is 30.2 Å². The molecule has 108 valence electrons. The number of nitrogens with zero attached hydrogens (tertiary/aromatic N) is 1. The molecule has 0 saturated heterocycles. The predicted molar refractivity (Wildman–Crippen MR) is 83.5 cm³/mol. The zero-order valence-electron chi connectivity index (χ0n) is 11.2. The number of carbonyl (C=O) groups excluding carboxylic acids is 1. The Hall–Kier alpha value is -0.480. The van der Waals surface area contributed by atoms with Gasteiger partial charge in [-0.3, -0.25) is 4.79 Å². The zero-order chi connectivity index (χ0) is 13.9. The Balaban J connectivity index is 0.00000324. The number of amides is 1. The van der Waals surface area contributed by atoms with Crippen LogP contribution in [0.2, 0.25) is 10.0 Å². The molecular formula is C13H19Cl3N2O. The highest BCUT2D eigenvalue weighted by Gasteiger charge is 2.22. The van der Waals surface area contributed by atoms with E-state index in [1.807, 2.05) is 13.8 Å². The lowest BCUT2D eigenvalue weighted by Crippen LogP contribution is -2.39. The van der Waals surface area contributed by atoms with Gasteiger partial charge in [0.1, 0.15) is 0 Å². The van der Waals surface area contributed by atoms with Crippen LogP contribution in [-0.4, -0.2) is 30.9 Å². The van der Waals surface area contributed by atoms with Crippen molar-refractivity contribution in [2.45, 2.75) is 13.8 Å². The number of hydrogen-bond donors (Lipinski definition) is 1. The van der Waals surface area contributed by atoms with Crippen molar-refractivity contribution < 1.29 is 4.79 Å². The van der Waals surface area contributed by atoms with Gasteiger partial charge in [-0.15, -0.1) is 12.4 Å². The van der Waals surface area contributed by atoms with Gasteiger partial charge in [0.15, 0.2) is 0 Å². The number of halogens is 3. The fourth-order valence-electron chi connectivity index (χ4n) is 1.68. The summed E-state index contributed by atoms with van der Waals surface area (Å²) in [7, 11) is 1.74. The van der Waals surface area contributed by atoms with Crippen molar-refractivity contribution in [1.29, 1.82) is 0 Å². The van der Waals surface area contributed by atoms with Crippen LogP contribution in [0.15, 0.2) is 18.2 Å². The maximum absolute atomic E-state index is 12.2. The SMILES string of the molecule is CN(CC(C)(C)CN)C(=O)c1cc(Cl)cc(Cl)c1.Cl. The van der Waals surface area contributed by atoms with Gasteiger partial charge in [0, 0.05) is 29.2 Å². The van der Waals surface area contributed by atoms with E-state index >= 15 is 0 Å². The molecule has 0 radical (unpaired) electrons. The van der Waals surface area contributed by atoms with E-state index in [0.29, 0.717) is 28.7 Å². The lowest BCUT2D eigenvalue weighted by molar-refractivity contribution is 0.0740. The molecule has 1 amide bonds. The maximum atomic E-state index is 12.2. The normalized spacial score (nSPS) is 10.8. The van der Waals surface area contributed by atoms with E-state index in [4.69, 9.17) is 28.9 Å². The predicted octanol–water partition coefficient (Wildman–Crippen LogP) is 3.47. The van der Waals surface area contributed by atoms with E-state index in [0.717, 1.165) is 0 Å². The van der Waals surface area contributed by atoms with E-state index in [1.165, 1.54) is 0 Å². The average Bonchev–Trinajstić information content (AvgIpc) is 2.26. The van der Waals surface area contributed by atoms with Crippen LogP contribution in [0.25, 0.3) is 0 Å². The van der Waals surface area contributed by atoms with E-state index < -0.39 is 0 Å². The third-order valence-electron chi connectivity index (χ3n) is 2.67. The molecule has 19 heavy (non-hydrogen) atoms. The van der Waals surface area contributed by atoms with Crippen LogP contribution < -0.4 is 5.73 Å². The van der Waals surface area contributed by atoms with Crippen molar-refractivity contribution in [2.75, 3.05) is 20.1 Å². The van der Waals surface area contributed by atoms with Crippen molar-refractivity contribution >= 4 is 41.5 Å². The molecule has 0 heterocycles. The van der Waals surface area contributed by atoms with Crippen molar-refractivity contribution in [3.8, 4) is 0 Å². The molecule has 0 aliphatic carbocycles.